The Morgan fingerprint density at radius 1 is 1.29 bits per heavy atom. The van der Waals surface area contributed by atoms with Gasteiger partial charge in [0, 0.05) is 5.56 Å². The summed E-state index contributed by atoms with van der Waals surface area (Å²) < 4.78 is 5.12. The third-order valence-electron chi connectivity index (χ3n) is 2.55. The van der Waals surface area contributed by atoms with Crippen LogP contribution < -0.4 is 0 Å². The monoisotopic (exact) mass is 231 g/mol. The van der Waals surface area contributed by atoms with Crippen LogP contribution in [0.2, 0.25) is 0 Å². The second-order valence-corrected chi connectivity index (χ2v) is 4.12. The summed E-state index contributed by atoms with van der Waals surface area (Å²) in [6, 6.07) is 7.74. The highest BCUT2D eigenvalue weighted by Crippen LogP contribution is 2.22. The van der Waals surface area contributed by atoms with Gasteiger partial charge in [0.25, 0.3) is 0 Å². The fourth-order valence-corrected chi connectivity index (χ4v) is 1.52. The van der Waals surface area contributed by atoms with Gasteiger partial charge < -0.3 is 9.52 Å². The van der Waals surface area contributed by atoms with Crippen molar-refractivity contribution in [3.05, 3.63) is 41.8 Å². The first kappa shape index (κ1) is 11.4. The molecule has 17 heavy (non-hydrogen) atoms. The number of carboxylic acid groups (broad SMARTS) is 1. The number of benzene rings is 1. The average Bonchev–Trinajstić information content (AvgIpc) is 2.78. The average molecular weight is 231 g/mol. The van der Waals surface area contributed by atoms with Crippen molar-refractivity contribution in [2.75, 3.05) is 0 Å². The van der Waals surface area contributed by atoms with Crippen LogP contribution in [0.4, 0.5) is 0 Å². The Morgan fingerprint density at radius 3 is 2.41 bits per heavy atom. The van der Waals surface area contributed by atoms with Crippen molar-refractivity contribution in [1.82, 2.24) is 4.98 Å². The standard InChI is InChI=1S/C13H13NO3/c1-8(2)9-3-5-10(6-4-9)12-14-11(7-17-12)13(15)16/h3-8H,1-2H3,(H,15,16). The minimum absolute atomic E-state index is 0.0760. The van der Waals surface area contributed by atoms with Crippen LogP contribution >= 0.6 is 0 Å². The molecule has 1 aromatic carbocycles. The van der Waals surface area contributed by atoms with Crippen molar-refractivity contribution in [3.63, 3.8) is 0 Å². The van der Waals surface area contributed by atoms with Gasteiger partial charge in [-0.2, -0.15) is 0 Å². The Bertz CT molecular complexity index is 526. The lowest BCUT2D eigenvalue weighted by molar-refractivity contribution is 0.0690. The smallest absolute Gasteiger partial charge is 0.357 e. The van der Waals surface area contributed by atoms with E-state index in [-0.39, 0.29) is 5.69 Å². The fourth-order valence-electron chi connectivity index (χ4n) is 1.52. The first-order chi connectivity index (χ1) is 8.08. The van der Waals surface area contributed by atoms with Gasteiger partial charge in [-0.15, -0.1) is 0 Å². The van der Waals surface area contributed by atoms with Crippen molar-refractivity contribution in [3.8, 4) is 11.5 Å². The van der Waals surface area contributed by atoms with E-state index in [9.17, 15) is 4.79 Å². The fraction of sp³-hybridized carbons (Fsp3) is 0.231. The van der Waals surface area contributed by atoms with E-state index in [4.69, 9.17) is 9.52 Å². The lowest BCUT2D eigenvalue weighted by Crippen LogP contribution is -1.95. The maximum atomic E-state index is 10.7. The van der Waals surface area contributed by atoms with E-state index in [1.165, 1.54) is 5.56 Å². The van der Waals surface area contributed by atoms with Crippen molar-refractivity contribution in [2.45, 2.75) is 19.8 Å². The quantitative estimate of drug-likeness (QED) is 0.881. The van der Waals surface area contributed by atoms with Crippen molar-refractivity contribution in [2.24, 2.45) is 0 Å². The molecule has 2 rings (SSSR count). The van der Waals surface area contributed by atoms with E-state index in [1.807, 2.05) is 24.3 Å². The number of hydrogen-bond acceptors (Lipinski definition) is 3. The zero-order valence-corrected chi connectivity index (χ0v) is 9.68. The van der Waals surface area contributed by atoms with Gasteiger partial charge in [0.1, 0.15) is 6.26 Å². The van der Waals surface area contributed by atoms with Gasteiger partial charge in [-0.25, -0.2) is 9.78 Å². The first-order valence-electron chi connectivity index (χ1n) is 5.37. The van der Waals surface area contributed by atoms with E-state index in [2.05, 4.69) is 18.8 Å². The van der Waals surface area contributed by atoms with Gasteiger partial charge in [-0.3, -0.25) is 0 Å². The third kappa shape index (κ3) is 2.36. The molecule has 0 spiro atoms. The Labute approximate surface area is 98.9 Å². The van der Waals surface area contributed by atoms with Crippen molar-refractivity contribution < 1.29 is 14.3 Å². The normalized spacial score (nSPS) is 10.8. The number of hydrogen-bond donors (Lipinski definition) is 1. The second-order valence-electron chi connectivity index (χ2n) is 4.12. The first-order valence-corrected chi connectivity index (χ1v) is 5.37. The van der Waals surface area contributed by atoms with Gasteiger partial charge in [0.2, 0.25) is 5.89 Å². The number of carboxylic acids is 1. The molecule has 0 saturated heterocycles. The second kappa shape index (κ2) is 4.41. The minimum Gasteiger partial charge on any atom is -0.476 e. The molecule has 0 fully saturated rings. The maximum Gasteiger partial charge on any atom is 0.357 e. The molecule has 0 atom stereocenters. The molecule has 2 aromatic rings. The number of rotatable bonds is 3. The maximum absolute atomic E-state index is 10.7. The highest BCUT2D eigenvalue weighted by Gasteiger charge is 2.11. The molecule has 1 heterocycles. The lowest BCUT2D eigenvalue weighted by Gasteiger charge is -2.04. The molecule has 0 unspecified atom stereocenters. The zero-order valence-electron chi connectivity index (χ0n) is 9.68. The summed E-state index contributed by atoms with van der Waals surface area (Å²) >= 11 is 0. The van der Waals surface area contributed by atoms with Crippen LogP contribution in [0.25, 0.3) is 11.5 Å². The van der Waals surface area contributed by atoms with Gasteiger partial charge in [0.05, 0.1) is 0 Å². The van der Waals surface area contributed by atoms with E-state index in [0.717, 1.165) is 11.8 Å². The molecule has 0 aliphatic heterocycles. The van der Waals surface area contributed by atoms with Crippen LogP contribution in [0.15, 0.2) is 34.9 Å². The summed E-state index contributed by atoms with van der Waals surface area (Å²) in [5.74, 6) is -0.292. The summed E-state index contributed by atoms with van der Waals surface area (Å²) in [4.78, 5) is 14.6. The molecule has 4 heteroatoms. The Morgan fingerprint density at radius 2 is 1.94 bits per heavy atom. The molecule has 1 aromatic heterocycles. The summed E-state index contributed by atoms with van der Waals surface area (Å²) in [6.45, 7) is 4.23. The molecule has 0 radical (unpaired) electrons. The summed E-state index contributed by atoms with van der Waals surface area (Å²) in [7, 11) is 0. The van der Waals surface area contributed by atoms with Gasteiger partial charge in [-0.1, -0.05) is 26.0 Å². The topological polar surface area (TPSA) is 63.3 Å². The highest BCUT2D eigenvalue weighted by atomic mass is 16.4. The Kier molecular flexibility index (Phi) is 2.95. The van der Waals surface area contributed by atoms with Gasteiger partial charge in [-0.05, 0) is 23.6 Å². The molecule has 0 aliphatic carbocycles. The van der Waals surface area contributed by atoms with Crippen LogP contribution in [0.1, 0.15) is 35.8 Å². The van der Waals surface area contributed by atoms with Gasteiger partial charge in [0.15, 0.2) is 5.69 Å². The van der Waals surface area contributed by atoms with Crippen LogP contribution in [0.3, 0.4) is 0 Å². The SMILES string of the molecule is CC(C)c1ccc(-c2nc(C(=O)O)co2)cc1. The molecule has 0 amide bonds. The molecular formula is C13H13NO3. The number of aromatic nitrogens is 1. The molecule has 4 nitrogen and oxygen atoms in total. The van der Waals surface area contributed by atoms with Crippen molar-refractivity contribution >= 4 is 5.97 Å². The minimum atomic E-state index is -1.08. The van der Waals surface area contributed by atoms with Crippen LogP contribution in [-0.4, -0.2) is 16.1 Å². The molecule has 88 valence electrons. The van der Waals surface area contributed by atoms with Crippen LogP contribution in [0.5, 0.6) is 0 Å². The molecule has 0 aliphatic rings. The van der Waals surface area contributed by atoms with E-state index in [0.29, 0.717) is 11.8 Å². The molecular weight excluding hydrogens is 218 g/mol. The largest absolute Gasteiger partial charge is 0.476 e. The molecule has 1 N–H and O–H groups in total. The van der Waals surface area contributed by atoms with Crippen molar-refractivity contribution in [1.29, 1.82) is 0 Å². The predicted molar refractivity (Wildman–Crippen MR) is 63.0 cm³/mol. The number of nitrogens with zero attached hydrogens (tertiary/aromatic N) is 1. The Balaban J connectivity index is 2.30. The highest BCUT2D eigenvalue weighted by molar-refractivity contribution is 5.85. The predicted octanol–water partition coefficient (Wildman–Crippen LogP) is 3.16. The zero-order chi connectivity index (χ0) is 12.4. The van der Waals surface area contributed by atoms with E-state index >= 15 is 0 Å². The van der Waals surface area contributed by atoms with Crippen LogP contribution in [0, 0.1) is 0 Å². The number of carbonyl (C=O) groups is 1. The van der Waals surface area contributed by atoms with Gasteiger partial charge >= 0.3 is 5.97 Å². The third-order valence-corrected chi connectivity index (χ3v) is 2.55. The summed E-state index contributed by atoms with van der Waals surface area (Å²) in [5.41, 5.74) is 1.92. The lowest BCUT2D eigenvalue weighted by atomic mass is 10.0. The number of oxazole rings is 1. The summed E-state index contributed by atoms with van der Waals surface area (Å²) in [5, 5.41) is 8.74. The summed E-state index contributed by atoms with van der Waals surface area (Å²) in [6.07, 6.45) is 1.15. The number of aromatic carboxylic acids is 1. The van der Waals surface area contributed by atoms with Crippen LogP contribution in [-0.2, 0) is 0 Å². The molecule has 0 bridgehead atoms. The molecule has 0 saturated carbocycles. The Hall–Kier alpha value is -2.10. The van der Waals surface area contributed by atoms with E-state index < -0.39 is 5.97 Å². The van der Waals surface area contributed by atoms with E-state index in [1.54, 1.807) is 0 Å².